The minimum Gasteiger partial charge on any atom is -0.337 e. The number of sulfonamides is 1. The van der Waals surface area contributed by atoms with E-state index in [1.807, 2.05) is 18.2 Å². The number of hydrogen-bond donors (Lipinski definition) is 1. The van der Waals surface area contributed by atoms with Gasteiger partial charge in [0.2, 0.25) is 10.0 Å². The van der Waals surface area contributed by atoms with E-state index >= 15 is 0 Å². The number of carbonyl (C=O) groups excluding carboxylic acids is 1. The van der Waals surface area contributed by atoms with Crippen molar-refractivity contribution in [2.45, 2.75) is 23.8 Å². The Bertz CT molecular complexity index is 1140. The second kappa shape index (κ2) is 8.85. The summed E-state index contributed by atoms with van der Waals surface area (Å²) in [5, 5.41) is 3.12. The molecule has 4 rings (SSSR count). The van der Waals surface area contributed by atoms with Crippen molar-refractivity contribution < 1.29 is 13.2 Å². The topological polar surface area (TPSA) is 79.4 Å². The molecule has 2 aromatic carbocycles. The average molecular weight is 462 g/mol. The summed E-state index contributed by atoms with van der Waals surface area (Å²) >= 11 is 7.44. The Morgan fingerprint density at radius 2 is 1.83 bits per heavy atom. The number of likely N-dealkylation sites (tertiary alicyclic amines) is 1. The van der Waals surface area contributed by atoms with Crippen LogP contribution in [0.2, 0.25) is 5.02 Å². The number of amides is 1. The first kappa shape index (κ1) is 21.0. The van der Waals surface area contributed by atoms with Crippen molar-refractivity contribution in [3.05, 3.63) is 70.7 Å². The Morgan fingerprint density at radius 3 is 2.53 bits per heavy atom. The van der Waals surface area contributed by atoms with Crippen LogP contribution >= 0.6 is 22.9 Å². The molecule has 1 aliphatic rings. The van der Waals surface area contributed by atoms with E-state index in [1.165, 1.54) is 11.3 Å². The summed E-state index contributed by atoms with van der Waals surface area (Å²) in [6.07, 6.45) is 1.12. The van der Waals surface area contributed by atoms with Gasteiger partial charge in [-0.15, -0.1) is 11.3 Å². The summed E-state index contributed by atoms with van der Waals surface area (Å²) in [7, 11) is -3.56. The summed E-state index contributed by atoms with van der Waals surface area (Å²) in [4.78, 5) is 19.3. The molecule has 156 valence electrons. The van der Waals surface area contributed by atoms with Gasteiger partial charge in [-0.1, -0.05) is 41.9 Å². The molecule has 3 aromatic rings. The fourth-order valence-corrected chi connectivity index (χ4v) is 5.68. The van der Waals surface area contributed by atoms with Crippen LogP contribution in [0.25, 0.3) is 10.6 Å². The minimum absolute atomic E-state index is 0.135. The summed E-state index contributed by atoms with van der Waals surface area (Å²) in [6, 6.07) is 15.5. The summed E-state index contributed by atoms with van der Waals surface area (Å²) in [5.41, 5.74) is 1.28. The number of hydrogen-bond acceptors (Lipinski definition) is 5. The molecule has 6 nitrogen and oxygen atoms in total. The van der Waals surface area contributed by atoms with Crippen LogP contribution in [-0.2, 0) is 10.0 Å². The third kappa shape index (κ3) is 4.73. The Morgan fingerprint density at radius 1 is 1.10 bits per heavy atom. The second-order valence-electron chi connectivity index (χ2n) is 7.05. The number of nitrogens with one attached hydrogen (secondary N) is 1. The molecule has 1 fully saturated rings. The molecule has 2 heterocycles. The highest BCUT2D eigenvalue weighted by Gasteiger charge is 2.28. The van der Waals surface area contributed by atoms with Crippen molar-refractivity contribution in [2.75, 3.05) is 13.1 Å². The van der Waals surface area contributed by atoms with Gasteiger partial charge in [0.25, 0.3) is 5.91 Å². The normalized spacial score (nSPS) is 15.3. The zero-order valence-corrected chi connectivity index (χ0v) is 18.4. The molecular weight excluding hydrogens is 442 g/mol. The molecule has 0 aliphatic carbocycles. The van der Waals surface area contributed by atoms with E-state index in [0.717, 1.165) is 10.6 Å². The molecule has 1 N–H and O–H groups in total. The van der Waals surface area contributed by atoms with E-state index in [0.29, 0.717) is 36.6 Å². The van der Waals surface area contributed by atoms with Crippen LogP contribution in [0.5, 0.6) is 0 Å². The molecule has 0 atom stereocenters. The number of nitrogens with zero attached hydrogens (tertiary/aromatic N) is 2. The van der Waals surface area contributed by atoms with Gasteiger partial charge in [0.05, 0.1) is 4.90 Å². The maximum atomic E-state index is 12.8. The number of thiazole rings is 1. The number of benzene rings is 2. The average Bonchev–Trinajstić information content (AvgIpc) is 3.25. The lowest BCUT2D eigenvalue weighted by atomic mass is 10.1. The molecule has 1 aromatic heterocycles. The molecular formula is C21H20ClN3O3S2. The van der Waals surface area contributed by atoms with Crippen molar-refractivity contribution in [1.82, 2.24) is 14.6 Å². The van der Waals surface area contributed by atoms with Gasteiger partial charge in [-0.05, 0) is 37.1 Å². The highest BCUT2D eigenvalue weighted by molar-refractivity contribution is 7.89. The highest BCUT2D eigenvalue weighted by atomic mass is 35.5. The Labute approximate surface area is 184 Å². The van der Waals surface area contributed by atoms with Crippen molar-refractivity contribution in [3.8, 4) is 10.6 Å². The van der Waals surface area contributed by atoms with Gasteiger partial charge in [-0.2, -0.15) is 0 Å². The van der Waals surface area contributed by atoms with E-state index in [2.05, 4.69) is 9.71 Å². The van der Waals surface area contributed by atoms with Crippen LogP contribution in [0, 0.1) is 0 Å². The molecule has 1 amide bonds. The van der Waals surface area contributed by atoms with E-state index in [-0.39, 0.29) is 16.8 Å². The van der Waals surface area contributed by atoms with Gasteiger partial charge < -0.3 is 4.90 Å². The zero-order valence-electron chi connectivity index (χ0n) is 16.0. The molecule has 0 unspecified atom stereocenters. The predicted molar refractivity (Wildman–Crippen MR) is 118 cm³/mol. The van der Waals surface area contributed by atoms with Gasteiger partial charge >= 0.3 is 0 Å². The molecule has 1 saturated heterocycles. The number of piperidine rings is 1. The van der Waals surface area contributed by atoms with Crippen LogP contribution in [0.4, 0.5) is 0 Å². The van der Waals surface area contributed by atoms with E-state index < -0.39 is 10.0 Å². The molecule has 9 heteroatoms. The van der Waals surface area contributed by atoms with Crippen molar-refractivity contribution in [2.24, 2.45) is 0 Å². The van der Waals surface area contributed by atoms with Crippen LogP contribution in [-0.4, -0.2) is 43.3 Å². The molecule has 0 radical (unpaired) electrons. The van der Waals surface area contributed by atoms with E-state index in [9.17, 15) is 13.2 Å². The van der Waals surface area contributed by atoms with Crippen LogP contribution in [0.1, 0.15) is 23.3 Å². The van der Waals surface area contributed by atoms with Crippen LogP contribution < -0.4 is 4.72 Å². The van der Waals surface area contributed by atoms with Gasteiger partial charge in [-0.25, -0.2) is 18.1 Å². The van der Waals surface area contributed by atoms with Gasteiger partial charge in [-0.3, -0.25) is 4.79 Å². The summed E-state index contributed by atoms with van der Waals surface area (Å²) in [6.45, 7) is 0.954. The third-order valence-corrected chi connectivity index (χ3v) is 7.62. The quantitative estimate of drug-likeness (QED) is 0.621. The Hall–Kier alpha value is -2.26. The van der Waals surface area contributed by atoms with Gasteiger partial charge in [0.15, 0.2) is 0 Å². The first-order valence-electron chi connectivity index (χ1n) is 9.50. The molecule has 1 aliphatic heterocycles. The minimum atomic E-state index is -3.56. The Balaban J connectivity index is 1.37. The molecule has 30 heavy (non-hydrogen) atoms. The van der Waals surface area contributed by atoms with Gasteiger partial charge in [0.1, 0.15) is 10.7 Å². The molecule has 0 spiro atoms. The van der Waals surface area contributed by atoms with Crippen molar-refractivity contribution in [3.63, 3.8) is 0 Å². The lowest BCUT2D eigenvalue weighted by molar-refractivity contribution is 0.0706. The van der Waals surface area contributed by atoms with E-state index in [4.69, 9.17) is 11.6 Å². The van der Waals surface area contributed by atoms with Crippen LogP contribution in [0.3, 0.4) is 0 Å². The smallest absolute Gasteiger partial charge is 0.273 e. The lowest BCUT2D eigenvalue weighted by Crippen LogP contribution is -2.46. The maximum absolute atomic E-state index is 12.8. The third-order valence-electron chi connectivity index (χ3n) is 4.95. The second-order valence-corrected chi connectivity index (χ2v) is 10.1. The summed E-state index contributed by atoms with van der Waals surface area (Å²) < 4.78 is 27.7. The summed E-state index contributed by atoms with van der Waals surface area (Å²) in [5.74, 6) is -0.135. The molecule has 0 saturated carbocycles. The van der Waals surface area contributed by atoms with Crippen LogP contribution in [0.15, 0.2) is 64.9 Å². The fraction of sp³-hybridized carbons (Fsp3) is 0.238. The van der Waals surface area contributed by atoms with Crippen molar-refractivity contribution in [1.29, 1.82) is 0 Å². The SMILES string of the molecule is O=C(c1csc(-c2cccc(Cl)c2)n1)N1CCC(NS(=O)(=O)c2ccccc2)CC1. The largest absolute Gasteiger partial charge is 0.337 e. The first-order valence-corrected chi connectivity index (χ1v) is 12.2. The van der Waals surface area contributed by atoms with Crippen molar-refractivity contribution >= 4 is 38.9 Å². The predicted octanol–water partition coefficient (Wildman–Crippen LogP) is 4.05. The first-order chi connectivity index (χ1) is 14.4. The Kier molecular flexibility index (Phi) is 6.19. The monoisotopic (exact) mass is 461 g/mol. The number of carbonyl (C=O) groups is 1. The number of halogens is 1. The number of rotatable bonds is 5. The standard InChI is InChI=1S/C21H20ClN3O3S2/c22-16-6-4-5-15(13-16)20-23-19(14-29-20)21(26)25-11-9-17(10-12-25)24-30(27,28)18-7-2-1-3-8-18/h1-8,13-14,17,24H,9-12H2. The highest BCUT2D eigenvalue weighted by Crippen LogP contribution is 2.27. The number of aromatic nitrogens is 1. The zero-order chi connectivity index (χ0) is 21.1. The lowest BCUT2D eigenvalue weighted by Gasteiger charge is -2.31. The molecule has 0 bridgehead atoms. The van der Waals surface area contributed by atoms with Gasteiger partial charge in [0, 0.05) is 35.1 Å². The van der Waals surface area contributed by atoms with E-state index in [1.54, 1.807) is 46.7 Å². The maximum Gasteiger partial charge on any atom is 0.273 e. The fourth-order valence-electron chi connectivity index (χ4n) is 3.38.